The maximum Gasteiger partial charge on any atom is 0.180 e. The minimum absolute atomic E-state index is 0.165. The van der Waals surface area contributed by atoms with Crippen molar-refractivity contribution < 1.29 is 0 Å². The standard InChI is InChI=1S/C7H5Br2ClN2/c8-7(9)12-11-6-4-2-1-3-5(6)10/h1-4,7H. The van der Waals surface area contributed by atoms with Crippen LogP contribution in [-0.4, -0.2) is 3.86 Å². The van der Waals surface area contributed by atoms with E-state index in [0.717, 1.165) is 0 Å². The first-order valence-electron chi connectivity index (χ1n) is 3.13. The monoisotopic (exact) mass is 310 g/mol. The number of benzene rings is 1. The van der Waals surface area contributed by atoms with Gasteiger partial charge in [0, 0.05) is 0 Å². The van der Waals surface area contributed by atoms with Gasteiger partial charge in [0.05, 0.1) is 5.02 Å². The predicted octanol–water partition coefficient (Wildman–Crippen LogP) is 4.50. The Morgan fingerprint density at radius 2 is 1.92 bits per heavy atom. The van der Waals surface area contributed by atoms with Crippen molar-refractivity contribution >= 4 is 49.1 Å². The van der Waals surface area contributed by atoms with Crippen molar-refractivity contribution in [3.05, 3.63) is 29.3 Å². The zero-order chi connectivity index (χ0) is 8.97. The molecule has 5 heteroatoms. The molecule has 0 aliphatic carbocycles. The van der Waals surface area contributed by atoms with Gasteiger partial charge < -0.3 is 0 Å². The summed E-state index contributed by atoms with van der Waals surface area (Å²) in [5.74, 6) is 0. The van der Waals surface area contributed by atoms with Crippen LogP contribution in [0.25, 0.3) is 0 Å². The second kappa shape index (κ2) is 4.94. The number of nitrogens with zero attached hydrogens (tertiary/aromatic N) is 2. The van der Waals surface area contributed by atoms with Gasteiger partial charge in [0.2, 0.25) is 0 Å². The molecule has 2 nitrogen and oxygen atoms in total. The van der Waals surface area contributed by atoms with Crippen LogP contribution in [0.4, 0.5) is 5.69 Å². The van der Waals surface area contributed by atoms with Gasteiger partial charge in [-0.05, 0) is 44.0 Å². The molecule has 0 radical (unpaired) electrons. The van der Waals surface area contributed by atoms with Crippen molar-refractivity contribution in [2.24, 2.45) is 10.2 Å². The molecule has 0 heterocycles. The molecular formula is C7H5Br2ClN2. The number of azo groups is 1. The van der Waals surface area contributed by atoms with E-state index in [2.05, 4.69) is 42.1 Å². The van der Waals surface area contributed by atoms with Gasteiger partial charge in [-0.3, -0.25) is 0 Å². The van der Waals surface area contributed by atoms with E-state index < -0.39 is 0 Å². The van der Waals surface area contributed by atoms with Gasteiger partial charge in [-0.2, -0.15) is 10.2 Å². The summed E-state index contributed by atoms with van der Waals surface area (Å²) in [6.07, 6.45) is 0. The molecule has 0 saturated heterocycles. The fourth-order valence-electron chi connectivity index (χ4n) is 0.639. The third-order valence-electron chi connectivity index (χ3n) is 1.11. The lowest BCUT2D eigenvalue weighted by atomic mass is 10.3. The van der Waals surface area contributed by atoms with Crippen molar-refractivity contribution in [1.29, 1.82) is 0 Å². The Labute approximate surface area is 92.3 Å². The molecular weight excluding hydrogens is 307 g/mol. The second-order valence-electron chi connectivity index (χ2n) is 1.94. The Morgan fingerprint density at radius 3 is 2.50 bits per heavy atom. The normalized spacial score (nSPS) is 11.3. The Kier molecular flexibility index (Phi) is 4.18. The van der Waals surface area contributed by atoms with E-state index in [0.29, 0.717) is 10.7 Å². The molecule has 12 heavy (non-hydrogen) atoms. The maximum absolute atomic E-state index is 5.82. The third kappa shape index (κ3) is 3.21. The van der Waals surface area contributed by atoms with Crippen LogP contribution < -0.4 is 0 Å². The van der Waals surface area contributed by atoms with Crippen LogP contribution in [0, 0.1) is 0 Å². The molecule has 0 aliphatic heterocycles. The van der Waals surface area contributed by atoms with Gasteiger partial charge in [-0.15, -0.1) is 0 Å². The highest BCUT2D eigenvalue weighted by molar-refractivity contribution is 9.24. The second-order valence-corrected chi connectivity index (χ2v) is 5.32. The number of halogens is 3. The molecule has 0 saturated carbocycles. The summed E-state index contributed by atoms with van der Waals surface area (Å²) in [4.78, 5) is 0. The summed E-state index contributed by atoms with van der Waals surface area (Å²) in [6.45, 7) is 0. The van der Waals surface area contributed by atoms with E-state index in [4.69, 9.17) is 11.6 Å². The summed E-state index contributed by atoms with van der Waals surface area (Å²) in [7, 11) is 0. The van der Waals surface area contributed by atoms with Crippen molar-refractivity contribution in [2.75, 3.05) is 0 Å². The summed E-state index contributed by atoms with van der Waals surface area (Å²) >= 11 is 12.2. The average Bonchev–Trinajstić information content (AvgIpc) is 2.03. The fraction of sp³-hybridized carbons (Fsp3) is 0.143. The molecule has 0 fully saturated rings. The Balaban J connectivity index is 2.82. The van der Waals surface area contributed by atoms with E-state index in [1.165, 1.54) is 0 Å². The highest BCUT2D eigenvalue weighted by Gasteiger charge is 1.96. The van der Waals surface area contributed by atoms with Crippen LogP contribution in [0.15, 0.2) is 34.5 Å². The molecule has 0 bridgehead atoms. The molecule has 0 atom stereocenters. The van der Waals surface area contributed by atoms with Gasteiger partial charge >= 0.3 is 0 Å². The summed E-state index contributed by atoms with van der Waals surface area (Å²) < 4.78 is -0.165. The molecule has 0 spiro atoms. The van der Waals surface area contributed by atoms with Crippen molar-refractivity contribution in [3.8, 4) is 0 Å². The van der Waals surface area contributed by atoms with Crippen LogP contribution >= 0.6 is 43.5 Å². The van der Waals surface area contributed by atoms with Gasteiger partial charge in [0.25, 0.3) is 0 Å². The van der Waals surface area contributed by atoms with Crippen LogP contribution in [0.2, 0.25) is 5.02 Å². The number of hydrogen-bond acceptors (Lipinski definition) is 2. The molecule has 0 aliphatic rings. The summed E-state index contributed by atoms with van der Waals surface area (Å²) in [5, 5.41) is 8.33. The number of alkyl halides is 2. The lowest BCUT2D eigenvalue weighted by molar-refractivity contribution is 1.12. The Bertz CT molecular complexity index is 288. The van der Waals surface area contributed by atoms with Crippen molar-refractivity contribution in [2.45, 2.75) is 3.86 Å². The Morgan fingerprint density at radius 1 is 1.25 bits per heavy atom. The lowest BCUT2D eigenvalue weighted by Gasteiger charge is -1.94. The maximum atomic E-state index is 5.82. The summed E-state index contributed by atoms with van der Waals surface area (Å²) in [5.41, 5.74) is 0.670. The van der Waals surface area contributed by atoms with Gasteiger partial charge in [0.1, 0.15) is 5.69 Å². The fourth-order valence-corrected chi connectivity index (χ4v) is 0.995. The zero-order valence-electron chi connectivity index (χ0n) is 5.92. The first kappa shape index (κ1) is 10.2. The lowest BCUT2D eigenvalue weighted by Crippen LogP contribution is -1.72. The van der Waals surface area contributed by atoms with E-state index in [-0.39, 0.29) is 3.86 Å². The zero-order valence-corrected chi connectivity index (χ0v) is 9.84. The van der Waals surface area contributed by atoms with Crippen LogP contribution in [0.3, 0.4) is 0 Å². The highest BCUT2D eigenvalue weighted by Crippen LogP contribution is 2.25. The van der Waals surface area contributed by atoms with Crippen LogP contribution in [0.1, 0.15) is 0 Å². The molecule has 0 aromatic heterocycles. The van der Waals surface area contributed by atoms with Gasteiger partial charge in [0.15, 0.2) is 3.86 Å². The average molecular weight is 312 g/mol. The first-order chi connectivity index (χ1) is 5.70. The number of hydrogen-bond donors (Lipinski definition) is 0. The summed E-state index contributed by atoms with van der Waals surface area (Å²) in [6, 6.07) is 7.28. The van der Waals surface area contributed by atoms with Crippen molar-refractivity contribution in [3.63, 3.8) is 0 Å². The van der Waals surface area contributed by atoms with Crippen LogP contribution in [-0.2, 0) is 0 Å². The third-order valence-corrected chi connectivity index (χ3v) is 1.79. The van der Waals surface area contributed by atoms with E-state index in [1.54, 1.807) is 12.1 Å². The molecule has 1 rings (SSSR count). The van der Waals surface area contributed by atoms with E-state index in [9.17, 15) is 0 Å². The number of rotatable bonds is 2. The van der Waals surface area contributed by atoms with Gasteiger partial charge in [-0.1, -0.05) is 23.7 Å². The first-order valence-corrected chi connectivity index (χ1v) is 5.34. The largest absolute Gasteiger partial charge is 0.180 e. The quantitative estimate of drug-likeness (QED) is 0.436. The molecule has 0 amide bonds. The van der Waals surface area contributed by atoms with E-state index >= 15 is 0 Å². The van der Waals surface area contributed by atoms with Gasteiger partial charge in [-0.25, -0.2) is 0 Å². The molecule has 1 aromatic carbocycles. The SMILES string of the molecule is Clc1ccccc1N=NC(Br)Br. The highest BCUT2D eigenvalue weighted by atomic mass is 79.9. The topological polar surface area (TPSA) is 24.7 Å². The molecule has 0 unspecified atom stereocenters. The predicted molar refractivity (Wildman–Crippen MR) is 57.6 cm³/mol. The smallest absolute Gasteiger partial charge is 0.162 e. The molecule has 0 N–H and O–H groups in total. The van der Waals surface area contributed by atoms with Crippen LogP contribution in [0.5, 0.6) is 0 Å². The van der Waals surface area contributed by atoms with E-state index in [1.807, 2.05) is 12.1 Å². The molecule has 64 valence electrons. The minimum Gasteiger partial charge on any atom is -0.162 e. The Hall–Kier alpha value is 0.0700. The van der Waals surface area contributed by atoms with Crippen molar-refractivity contribution in [1.82, 2.24) is 0 Å². The molecule has 1 aromatic rings. The minimum atomic E-state index is -0.165.